The lowest BCUT2D eigenvalue weighted by molar-refractivity contribution is -0.385. The molecule has 0 saturated heterocycles. The summed E-state index contributed by atoms with van der Waals surface area (Å²) in [6.07, 6.45) is 7.34. The SMILES string of the molecule is CCCC1(C(OC(=O)OC(c2ccc([N+](=O)[O-])cc2)C2(CCC)CCC2)c2ccc([N+](=O)[O-])cc2)CCC1. The Labute approximate surface area is 222 Å². The van der Waals surface area contributed by atoms with Gasteiger partial charge in [-0.25, -0.2) is 4.79 Å². The van der Waals surface area contributed by atoms with Crippen molar-refractivity contribution in [1.82, 2.24) is 0 Å². The van der Waals surface area contributed by atoms with Crippen molar-refractivity contribution in [2.24, 2.45) is 10.8 Å². The zero-order valence-electron chi connectivity index (χ0n) is 22.1. The Balaban J connectivity index is 1.62. The van der Waals surface area contributed by atoms with Gasteiger partial charge in [-0.3, -0.25) is 20.2 Å². The molecule has 2 fully saturated rings. The first-order valence-electron chi connectivity index (χ1n) is 13.6. The maximum absolute atomic E-state index is 13.5. The summed E-state index contributed by atoms with van der Waals surface area (Å²) in [6.45, 7) is 4.20. The lowest BCUT2D eigenvalue weighted by Crippen LogP contribution is -2.41. The number of rotatable bonds is 12. The minimum absolute atomic E-state index is 0.0158. The van der Waals surface area contributed by atoms with Crippen LogP contribution in [-0.2, 0) is 9.47 Å². The van der Waals surface area contributed by atoms with E-state index >= 15 is 0 Å². The zero-order chi connectivity index (χ0) is 27.3. The maximum Gasteiger partial charge on any atom is 0.509 e. The molecule has 0 heterocycles. The molecule has 2 saturated carbocycles. The topological polar surface area (TPSA) is 122 Å². The molecule has 4 rings (SSSR count). The fourth-order valence-electron chi connectivity index (χ4n) is 6.40. The molecule has 2 aliphatic rings. The van der Waals surface area contributed by atoms with Crippen LogP contribution in [-0.4, -0.2) is 16.0 Å². The van der Waals surface area contributed by atoms with Gasteiger partial charge in [0.15, 0.2) is 0 Å². The molecule has 0 radical (unpaired) electrons. The number of nitro benzene ring substituents is 2. The van der Waals surface area contributed by atoms with Crippen molar-refractivity contribution < 1.29 is 24.1 Å². The van der Waals surface area contributed by atoms with E-state index in [0.29, 0.717) is 0 Å². The van der Waals surface area contributed by atoms with Crippen molar-refractivity contribution in [1.29, 1.82) is 0 Å². The maximum atomic E-state index is 13.5. The summed E-state index contributed by atoms with van der Waals surface area (Å²) in [5.41, 5.74) is 0.948. The van der Waals surface area contributed by atoms with Crippen LogP contribution in [0.5, 0.6) is 0 Å². The highest BCUT2D eigenvalue weighted by Gasteiger charge is 2.49. The highest BCUT2D eigenvalue weighted by Crippen LogP contribution is 2.57. The Morgan fingerprint density at radius 2 is 1.08 bits per heavy atom. The molecule has 2 aromatic carbocycles. The number of benzene rings is 2. The molecule has 38 heavy (non-hydrogen) atoms. The lowest BCUT2D eigenvalue weighted by Gasteiger charge is -2.48. The standard InChI is InChI=1S/C29H36N2O7/c1-3-15-28(17-5-18-28)25(21-7-11-23(12-8-21)30(33)34)37-27(32)38-26(29(16-4-2)19-6-20-29)22-9-13-24(14-10-22)31(35)36/h7-14,25-26H,3-6,15-20H2,1-2H3. The van der Waals surface area contributed by atoms with Gasteiger partial charge >= 0.3 is 6.16 Å². The van der Waals surface area contributed by atoms with Gasteiger partial charge in [-0.2, -0.15) is 0 Å². The molecular formula is C29H36N2O7. The van der Waals surface area contributed by atoms with Gasteiger partial charge in [0.1, 0.15) is 12.2 Å². The normalized spacial score (nSPS) is 18.8. The van der Waals surface area contributed by atoms with Crippen molar-refractivity contribution in [2.45, 2.75) is 90.3 Å². The molecule has 0 bridgehead atoms. The van der Waals surface area contributed by atoms with E-state index in [1.165, 1.54) is 24.3 Å². The van der Waals surface area contributed by atoms with Gasteiger partial charge in [0, 0.05) is 35.1 Å². The third kappa shape index (κ3) is 5.51. The van der Waals surface area contributed by atoms with Crippen LogP contribution in [0.25, 0.3) is 0 Å². The van der Waals surface area contributed by atoms with Gasteiger partial charge in [0.05, 0.1) is 9.85 Å². The van der Waals surface area contributed by atoms with Gasteiger partial charge in [-0.15, -0.1) is 0 Å². The van der Waals surface area contributed by atoms with Crippen molar-refractivity contribution in [3.63, 3.8) is 0 Å². The Morgan fingerprint density at radius 3 is 1.32 bits per heavy atom. The van der Waals surface area contributed by atoms with Gasteiger partial charge in [-0.05, 0) is 73.9 Å². The number of hydrogen-bond acceptors (Lipinski definition) is 7. The zero-order valence-corrected chi connectivity index (χ0v) is 22.1. The van der Waals surface area contributed by atoms with E-state index in [1.54, 1.807) is 24.3 Å². The summed E-state index contributed by atoms with van der Waals surface area (Å²) in [7, 11) is 0. The minimum atomic E-state index is -0.776. The number of non-ortho nitro benzene ring substituents is 2. The molecule has 0 aromatic heterocycles. The molecule has 0 aliphatic heterocycles. The van der Waals surface area contributed by atoms with Crippen molar-refractivity contribution in [3.05, 3.63) is 79.9 Å². The van der Waals surface area contributed by atoms with Crippen molar-refractivity contribution >= 4 is 17.5 Å². The van der Waals surface area contributed by atoms with Crippen LogP contribution in [0.1, 0.15) is 101 Å². The Hall–Kier alpha value is -3.49. The van der Waals surface area contributed by atoms with E-state index in [2.05, 4.69) is 13.8 Å². The summed E-state index contributed by atoms with van der Waals surface area (Å²) in [4.78, 5) is 35.0. The predicted octanol–water partition coefficient (Wildman–Crippen LogP) is 8.38. The molecule has 2 atom stereocenters. The Morgan fingerprint density at radius 1 is 0.737 bits per heavy atom. The average molecular weight is 525 g/mol. The van der Waals surface area contributed by atoms with Crippen LogP contribution in [0.2, 0.25) is 0 Å². The van der Waals surface area contributed by atoms with Crippen LogP contribution >= 0.6 is 0 Å². The Kier molecular flexibility index (Phi) is 8.33. The van der Waals surface area contributed by atoms with E-state index in [-0.39, 0.29) is 22.2 Å². The second-order valence-corrected chi connectivity index (χ2v) is 10.9. The fourth-order valence-corrected chi connectivity index (χ4v) is 6.40. The van der Waals surface area contributed by atoms with Crippen LogP contribution in [0.4, 0.5) is 16.2 Å². The highest BCUT2D eigenvalue weighted by molar-refractivity contribution is 5.61. The van der Waals surface area contributed by atoms with E-state index in [4.69, 9.17) is 9.47 Å². The van der Waals surface area contributed by atoms with Gasteiger partial charge in [0.25, 0.3) is 11.4 Å². The summed E-state index contributed by atoms with van der Waals surface area (Å²) in [5, 5.41) is 22.4. The van der Waals surface area contributed by atoms with E-state index in [0.717, 1.165) is 75.3 Å². The van der Waals surface area contributed by atoms with Crippen LogP contribution in [0, 0.1) is 31.1 Å². The van der Waals surface area contributed by atoms with Crippen molar-refractivity contribution in [2.75, 3.05) is 0 Å². The minimum Gasteiger partial charge on any atom is -0.425 e. The second-order valence-electron chi connectivity index (χ2n) is 10.9. The van der Waals surface area contributed by atoms with Gasteiger partial charge in [-0.1, -0.05) is 39.5 Å². The van der Waals surface area contributed by atoms with Crippen LogP contribution in [0.15, 0.2) is 48.5 Å². The summed E-state index contributed by atoms with van der Waals surface area (Å²) in [5.74, 6) is 0. The number of carbonyl (C=O) groups is 1. The number of nitrogens with zero attached hydrogens (tertiary/aromatic N) is 2. The van der Waals surface area contributed by atoms with E-state index in [1.807, 2.05) is 0 Å². The second kappa shape index (κ2) is 11.5. The average Bonchev–Trinajstić information content (AvgIpc) is 2.86. The van der Waals surface area contributed by atoms with Crippen molar-refractivity contribution in [3.8, 4) is 0 Å². The first-order valence-corrected chi connectivity index (χ1v) is 13.6. The number of ether oxygens (including phenoxy) is 2. The lowest BCUT2D eigenvalue weighted by atomic mass is 9.61. The van der Waals surface area contributed by atoms with E-state index in [9.17, 15) is 25.0 Å². The highest BCUT2D eigenvalue weighted by atomic mass is 16.7. The molecular weight excluding hydrogens is 488 g/mol. The van der Waals surface area contributed by atoms with Crippen LogP contribution < -0.4 is 0 Å². The summed E-state index contributed by atoms with van der Waals surface area (Å²) < 4.78 is 12.2. The smallest absolute Gasteiger partial charge is 0.425 e. The van der Waals surface area contributed by atoms with E-state index < -0.39 is 28.2 Å². The number of nitro groups is 2. The molecule has 2 unspecified atom stereocenters. The number of hydrogen-bond donors (Lipinski definition) is 0. The number of carbonyl (C=O) groups excluding carboxylic acids is 1. The third-order valence-electron chi connectivity index (χ3n) is 8.55. The molecule has 9 nitrogen and oxygen atoms in total. The first-order chi connectivity index (χ1) is 18.2. The molecule has 0 spiro atoms. The molecule has 0 N–H and O–H groups in total. The van der Waals surface area contributed by atoms with Gasteiger partial charge in [0.2, 0.25) is 0 Å². The van der Waals surface area contributed by atoms with Gasteiger partial charge < -0.3 is 9.47 Å². The molecule has 9 heteroatoms. The monoisotopic (exact) mass is 524 g/mol. The predicted molar refractivity (Wildman–Crippen MR) is 142 cm³/mol. The summed E-state index contributed by atoms with van der Waals surface area (Å²) in [6, 6.07) is 12.5. The third-order valence-corrected chi connectivity index (χ3v) is 8.55. The Bertz CT molecular complexity index is 1050. The summed E-state index contributed by atoms with van der Waals surface area (Å²) >= 11 is 0. The molecule has 2 aliphatic carbocycles. The van der Waals surface area contributed by atoms with Crippen LogP contribution in [0.3, 0.4) is 0 Å². The largest absolute Gasteiger partial charge is 0.509 e. The fraction of sp³-hybridized carbons (Fsp3) is 0.552. The molecule has 204 valence electrons. The quantitative estimate of drug-likeness (QED) is 0.155. The molecule has 2 aromatic rings. The first kappa shape index (κ1) is 27.5. The molecule has 0 amide bonds.